The molecule has 25 heavy (non-hydrogen) atoms. The average Bonchev–Trinajstić information content (AvgIpc) is 3.26. The van der Waals surface area contributed by atoms with Crippen LogP contribution in [0.2, 0.25) is 0 Å². The second kappa shape index (κ2) is 6.88. The molecule has 134 valence electrons. The Morgan fingerprint density at radius 2 is 2.20 bits per heavy atom. The molecular formula is C19H24N2O4. The van der Waals surface area contributed by atoms with Crippen molar-refractivity contribution in [1.82, 2.24) is 9.88 Å². The van der Waals surface area contributed by atoms with Gasteiger partial charge in [0.25, 0.3) is 5.91 Å². The molecule has 1 aliphatic heterocycles. The molecule has 0 aliphatic carbocycles. The summed E-state index contributed by atoms with van der Waals surface area (Å²) >= 11 is 0. The van der Waals surface area contributed by atoms with E-state index in [1.54, 1.807) is 24.0 Å². The summed E-state index contributed by atoms with van der Waals surface area (Å²) in [6, 6.07) is 3.44. The first kappa shape index (κ1) is 17.5. The van der Waals surface area contributed by atoms with Crippen molar-refractivity contribution in [2.24, 2.45) is 0 Å². The average molecular weight is 344 g/mol. The van der Waals surface area contributed by atoms with E-state index in [1.807, 2.05) is 6.92 Å². The first-order valence-electron chi connectivity index (χ1n) is 8.62. The fraction of sp³-hybridized carbons (Fsp3) is 0.474. The van der Waals surface area contributed by atoms with Crippen LogP contribution in [0.25, 0.3) is 0 Å². The topological polar surface area (TPSA) is 86.5 Å². The third-order valence-electron chi connectivity index (χ3n) is 5.01. The number of aliphatic hydroxyl groups excluding tert-OH is 1. The number of likely N-dealkylation sites (tertiary alicyclic amines) is 1. The lowest BCUT2D eigenvalue weighted by atomic mass is 10.0. The zero-order valence-electron chi connectivity index (χ0n) is 14.8. The number of nitrogens with one attached hydrogen (secondary N) is 1. The predicted octanol–water partition coefficient (Wildman–Crippen LogP) is 3.16. The van der Waals surface area contributed by atoms with Gasteiger partial charge in [-0.05, 0) is 51.3 Å². The number of aromatic amines is 1. The van der Waals surface area contributed by atoms with Crippen LogP contribution in [0.1, 0.15) is 70.2 Å². The summed E-state index contributed by atoms with van der Waals surface area (Å²) in [5.74, 6) is 0.365. The highest BCUT2D eigenvalue weighted by molar-refractivity contribution is 6.02. The van der Waals surface area contributed by atoms with Gasteiger partial charge in [0, 0.05) is 30.3 Å². The minimum absolute atomic E-state index is 0.0449. The van der Waals surface area contributed by atoms with Crippen molar-refractivity contribution in [2.75, 3.05) is 6.54 Å². The predicted molar refractivity (Wildman–Crippen MR) is 92.6 cm³/mol. The maximum atomic E-state index is 13.0. The minimum atomic E-state index is -0.729. The van der Waals surface area contributed by atoms with Gasteiger partial charge in [-0.25, -0.2) is 0 Å². The molecule has 2 unspecified atom stereocenters. The van der Waals surface area contributed by atoms with Crippen molar-refractivity contribution in [3.8, 4) is 0 Å². The van der Waals surface area contributed by atoms with E-state index in [2.05, 4.69) is 4.98 Å². The van der Waals surface area contributed by atoms with E-state index >= 15 is 0 Å². The normalized spacial score (nSPS) is 18.6. The number of aromatic nitrogens is 1. The molecule has 3 rings (SSSR count). The van der Waals surface area contributed by atoms with Crippen LogP contribution in [0.4, 0.5) is 0 Å². The lowest BCUT2D eigenvalue weighted by Gasteiger charge is -2.26. The van der Waals surface area contributed by atoms with Gasteiger partial charge >= 0.3 is 0 Å². The van der Waals surface area contributed by atoms with Crippen molar-refractivity contribution >= 4 is 11.7 Å². The van der Waals surface area contributed by atoms with Crippen molar-refractivity contribution in [3.63, 3.8) is 0 Å². The van der Waals surface area contributed by atoms with E-state index in [1.165, 1.54) is 13.2 Å². The molecule has 0 aromatic carbocycles. The Bertz CT molecular complexity index is 776. The third-order valence-corrected chi connectivity index (χ3v) is 5.01. The highest BCUT2D eigenvalue weighted by Crippen LogP contribution is 2.30. The number of aryl methyl sites for hydroxylation is 1. The van der Waals surface area contributed by atoms with Gasteiger partial charge in [0.05, 0.1) is 6.26 Å². The minimum Gasteiger partial charge on any atom is -0.467 e. The highest BCUT2D eigenvalue weighted by atomic mass is 16.4. The largest absolute Gasteiger partial charge is 0.467 e. The second-order valence-electron chi connectivity index (χ2n) is 6.74. The van der Waals surface area contributed by atoms with E-state index in [-0.39, 0.29) is 17.7 Å². The molecule has 1 amide bonds. The summed E-state index contributed by atoms with van der Waals surface area (Å²) in [7, 11) is 0. The molecule has 1 aliphatic rings. The van der Waals surface area contributed by atoms with Crippen LogP contribution in [0, 0.1) is 13.8 Å². The molecule has 2 atom stereocenters. The van der Waals surface area contributed by atoms with Crippen LogP contribution in [-0.4, -0.2) is 39.3 Å². The molecule has 0 radical (unpaired) electrons. The van der Waals surface area contributed by atoms with Crippen molar-refractivity contribution in [3.05, 3.63) is 46.7 Å². The summed E-state index contributed by atoms with van der Waals surface area (Å²) in [6.07, 6.45) is 3.00. The molecular weight excluding hydrogens is 320 g/mol. The fourth-order valence-electron chi connectivity index (χ4n) is 3.84. The number of Topliss-reactive ketones (excluding diaryl/α,β-unsaturated/α-hetero) is 1. The number of carbonyl (C=O) groups is 2. The van der Waals surface area contributed by atoms with E-state index < -0.39 is 6.10 Å². The molecule has 1 saturated heterocycles. The molecule has 2 aromatic heterocycles. The second-order valence-corrected chi connectivity index (χ2v) is 6.74. The van der Waals surface area contributed by atoms with Gasteiger partial charge in [-0.1, -0.05) is 0 Å². The number of hydrogen-bond acceptors (Lipinski definition) is 4. The molecule has 1 fully saturated rings. The van der Waals surface area contributed by atoms with Gasteiger partial charge in [-0.2, -0.15) is 0 Å². The number of carbonyl (C=O) groups excluding carboxylic acids is 2. The Morgan fingerprint density at radius 3 is 2.80 bits per heavy atom. The number of amides is 1. The quantitative estimate of drug-likeness (QED) is 0.816. The van der Waals surface area contributed by atoms with Gasteiger partial charge < -0.3 is 19.4 Å². The Labute approximate surface area is 146 Å². The summed E-state index contributed by atoms with van der Waals surface area (Å²) in [5.41, 5.74) is 2.49. The summed E-state index contributed by atoms with van der Waals surface area (Å²) in [4.78, 5) is 29.7. The summed E-state index contributed by atoms with van der Waals surface area (Å²) in [5, 5.41) is 10.3. The Balaban J connectivity index is 1.79. The molecule has 6 nitrogen and oxygen atoms in total. The smallest absolute Gasteiger partial charge is 0.270 e. The number of aliphatic hydroxyl groups is 1. The first-order valence-corrected chi connectivity index (χ1v) is 8.62. The maximum Gasteiger partial charge on any atom is 0.270 e. The van der Waals surface area contributed by atoms with Crippen LogP contribution < -0.4 is 0 Å². The van der Waals surface area contributed by atoms with Crippen molar-refractivity contribution in [2.45, 2.75) is 52.2 Å². The SMILES string of the molecule is CC(=O)c1c(C)[nH]c(C(=O)N2CCCC2CC(O)c2ccco2)c1C. The standard InChI is InChI=1S/C19H24N2O4/c1-11-17(13(3)22)12(2)20-18(11)19(24)21-8-4-6-14(21)10-15(23)16-7-5-9-25-16/h5,7,9,14-15,20,23H,4,6,8,10H2,1-3H3. The lowest BCUT2D eigenvalue weighted by molar-refractivity contribution is 0.0636. The van der Waals surface area contributed by atoms with E-state index in [0.717, 1.165) is 18.5 Å². The monoisotopic (exact) mass is 344 g/mol. The summed E-state index contributed by atoms with van der Waals surface area (Å²) in [6.45, 7) is 5.77. The fourth-order valence-corrected chi connectivity index (χ4v) is 3.84. The van der Waals surface area contributed by atoms with Gasteiger partial charge in [0.2, 0.25) is 0 Å². The van der Waals surface area contributed by atoms with Crippen LogP contribution in [-0.2, 0) is 0 Å². The summed E-state index contributed by atoms with van der Waals surface area (Å²) < 4.78 is 5.25. The van der Waals surface area contributed by atoms with Crippen LogP contribution in [0.15, 0.2) is 22.8 Å². The van der Waals surface area contributed by atoms with E-state index in [4.69, 9.17) is 4.42 Å². The van der Waals surface area contributed by atoms with E-state index in [0.29, 0.717) is 35.5 Å². The third kappa shape index (κ3) is 3.26. The van der Waals surface area contributed by atoms with Gasteiger partial charge in [-0.15, -0.1) is 0 Å². The lowest BCUT2D eigenvalue weighted by Crippen LogP contribution is -2.37. The molecule has 3 heterocycles. The molecule has 6 heteroatoms. The number of rotatable bonds is 5. The molecule has 0 spiro atoms. The van der Waals surface area contributed by atoms with Crippen molar-refractivity contribution < 1.29 is 19.1 Å². The number of hydrogen-bond donors (Lipinski definition) is 2. The number of furan rings is 1. The van der Waals surface area contributed by atoms with E-state index in [9.17, 15) is 14.7 Å². The highest BCUT2D eigenvalue weighted by Gasteiger charge is 2.33. The number of nitrogens with zero attached hydrogens (tertiary/aromatic N) is 1. The zero-order valence-corrected chi connectivity index (χ0v) is 14.8. The van der Waals surface area contributed by atoms with Crippen molar-refractivity contribution in [1.29, 1.82) is 0 Å². The van der Waals surface area contributed by atoms with Gasteiger partial charge in [-0.3, -0.25) is 9.59 Å². The van der Waals surface area contributed by atoms with Crippen LogP contribution in [0.3, 0.4) is 0 Å². The maximum absolute atomic E-state index is 13.0. The zero-order chi connectivity index (χ0) is 18.1. The molecule has 2 aromatic rings. The Kier molecular flexibility index (Phi) is 4.81. The van der Waals surface area contributed by atoms with Gasteiger partial charge in [0.1, 0.15) is 17.6 Å². The molecule has 0 saturated carbocycles. The molecule has 2 N–H and O–H groups in total. The van der Waals surface area contributed by atoms with Crippen LogP contribution >= 0.6 is 0 Å². The molecule has 0 bridgehead atoms. The first-order chi connectivity index (χ1) is 11.9. The van der Waals surface area contributed by atoms with Crippen LogP contribution in [0.5, 0.6) is 0 Å². The van der Waals surface area contributed by atoms with Gasteiger partial charge in [0.15, 0.2) is 5.78 Å². The number of H-pyrrole nitrogens is 1. The Hall–Kier alpha value is -2.34. The Morgan fingerprint density at radius 1 is 1.44 bits per heavy atom. The number of ketones is 1.